The van der Waals surface area contributed by atoms with Crippen molar-refractivity contribution in [3.8, 4) is 23.6 Å². The summed E-state index contributed by atoms with van der Waals surface area (Å²) in [7, 11) is 1.51. The van der Waals surface area contributed by atoms with E-state index in [4.69, 9.17) is 32.7 Å². The van der Waals surface area contributed by atoms with Gasteiger partial charge in [0.1, 0.15) is 6.61 Å². The van der Waals surface area contributed by atoms with Crippen molar-refractivity contribution in [1.29, 1.82) is 10.5 Å². The molecule has 30 heavy (non-hydrogen) atoms. The van der Waals surface area contributed by atoms with Gasteiger partial charge in [-0.05, 0) is 47.5 Å². The molecule has 0 N–H and O–H groups in total. The van der Waals surface area contributed by atoms with Gasteiger partial charge in [0.25, 0.3) is 0 Å². The molecule has 148 valence electrons. The maximum absolute atomic E-state index is 9.55. The number of allylic oxidation sites excluding steroid dienone is 1. The van der Waals surface area contributed by atoms with Crippen LogP contribution in [0.25, 0.3) is 11.6 Å². The third-order valence-electron chi connectivity index (χ3n) is 4.35. The Morgan fingerprint density at radius 3 is 2.43 bits per heavy atom. The summed E-state index contributed by atoms with van der Waals surface area (Å²) in [6, 6.07) is 22.0. The zero-order chi connectivity index (χ0) is 21.5. The van der Waals surface area contributed by atoms with E-state index in [2.05, 4.69) is 12.1 Å². The van der Waals surface area contributed by atoms with Crippen molar-refractivity contribution < 1.29 is 9.47 Å². The second kappa shape index (κ2) is 9.85. The van der Waals surface area contributed by atoms with E-state index in [1.807, 2.05) is 12.1 Å². The number of ether oxygens (including phenoxy) is 2. The van der Waals surface area contributed by atoms with Crippen molar-refractivity contribution >= 4 is 34.9 Å². The average Bonchev–Trinajstić information content (AvgIpc) is 2.77. The predicted molar refractivity (Wildman–Crippen MR) is 118 cm³/mol. The van der Waals surface area contributed by atoms with E-state index < -0.39 is 0 Å². The number of hydrogen-bond donors (Lipinski definition) is 0. The van der Waals surface area contributed by atoms with Gasteiger partial charge in [-0.3, -0.25) is 0 Å². The molecule has 0 heterocycles. The number of rotatable bonds is 6. The monoisotopic (exact) mass is 434 g/mol. The van der Waals surface area contributed by atoms with Crippen LogP contribution < -0.4 is 9.47 Å². The minimum absolute atomic E-state index is 0.170. The number of benzene rings is 3. The summed E-state index contributed by atoms with van der Waals surface area (Å²) in [5, 5.41) is 19.7. The molecule has 0 radical (unpaired) electrons. The molecular weight excluding hydrogens is 419 g/mol. The molecule has 0 aliphatic carbocycles. The van der Waals surface area contributed by atoms with Gasteiger partial charge in [0.15, 0.2) is 11.5 Å². The van der Waals surface area contributed by atoms with E-state index in [1.165, 1.54) is 7.11 Å². The van der Waals surface area contributed by atoms with Crippen LogP contribution in [0.2, 0.25) is 10.0 Å². The van der Waals surface area contributed by atoms with Gasteiger partial charge in [0.05, 0.1) is 35.4 Å². The molecule has 0 fully saturated rings. The van der Waals surface area contributed by atoms with Gasteiger partial charge in [0, 0.05) is 10.6 Å². The summed E-state index contributed by atoms with van der Waals surface area (Å²) < 4.78 is 11.3. The molecule has 0 bridgehead atoms. The first-order chi connectivity index (χ1) is 14.5. The zero-order valence-electron chi connectivity index (χ0n) is 16.0. The Morgan fingerprint density at radius 1 is 1.03 bits per heavy atom. The highest BCUT2D eigenvalue weighted by Crippen LogP contribution is 2.38. The van der Waals surface area contributed by atoms with Crippen molar-refractivity contribution in [3.05, 3.63) is 93.0 Å². The van der Waals surface area contributed by atoms with Crippen molar-refractivity contribution in [2.45, 2.75) is 6.61 Å². The Bertz CT molecular complexity index is 1170. The molecule has 6 heteroatoms. The Labute approximate surface area is 185 Å². The van der Waals surface area contributed by atoms with E-state index in [9.17, 15) is 10.5 Å². The lowest BCUT2D eigenvalue weighted by Gasteiger charge is -2.14. The molecular formula is C24H16Cl2N2O2. The lowest BCUT2D eigenvalue weighted by atomic mass is 10.0. The highest BCUT2D eigenvalue weighted by molar-refractivity contribution is 6.32. The topological polar surface area (TPSA) is 66.0 Å². The summed E-state index contributed by atoms with van der Waals surface area (Å²) in [5.41, 5.74) is 3.17. The van der Waals surface area contributed by atoms with Gasteiger partial charge < -0.3 is 9.47 Å². The highest BCUT2D eigenvalue weighted by Gasteiger charge is 2.13. The molecule has 3 aromatic carbocycles. The molecule has 0 unspecified atom stereocenters. The second-order valence-corrected chi connectivity index (χ2v) is 7.11. The normalized spacial score (nSPS) is 10.8. The lowest BCUT2D eigenvalue weighted by molar-refractivity contribution is 0.284. The van der Waals surface area contributed by atoms with E-state index in [-0.39, 0.29) is 6.61 Å². The smallest absolute Gasteiger partial charge is 0.180 e. The van der Waals surface area contributed by atoms with Gasteiger partial charge in [-0.15, -0.1) is 0 Å². The SMILES string of the molecule is COc1cc(/C=C(\C#N)c2ccc(Cl)cc2)cc(Cl)c1OCc1ccccc1C#N. The number of hydrogen-bond acceptors (Lipinski definition) is 4. The molecule has 0 aliphatic heterocycles. The maximum Gasteiger partial charge on any atom is 0.180 e. The molecule has 0 amide bonds. The van der Waals surface area contributed by atoms with Crippen molar-refractivity contribution in [3.63, 3.8) is 0 Å². The predicted octanol–water partition coefficient (Wildman–Crippen LogP) is 6.52. The van der Waals surface area contributed by atoms with Crippen molar-refractivity contribution in [1.82, 2.24) is 0 Å². The number of nitriles is 2. The lowest BCUT2D eigenvalue weighted by Crippen LogP contribution is -2.01. The third-order valence-corrected chi connectivity index (χ3v) is 4.88. The Hall–Kier alpha value is -3.44. The fourth-order valence-electron chi connectivity index (χ4n) is 2.84. The van der Waals surface area contributed by atoms with Gasteiger partial charge in [-0.1, -0.05) is 53.5 Å². The largest absolute Gasteiger partial charge is 0.493 e. The Kier molecular flexibility index (Phi) is 6.99. The molecule has 0 aliphatic rings. The average molecular weight is 435 g/mol. The summed E-state index contributed by atoms with van der Waals surface area (Å²) >= 11 is 12.4. The molecule has 3 rings (SSSR count). The fraction of sp³-hybridized carbons (Fsp3) is 0.0833. The number of halogens is 2. The van der Waals surface area contributed by atoms with Crippen LogP contribution in [0, 0.1) is 22.7 Å². The van der Waals surface area contributed by atoms with E-state index in [0.29, 0.717) is 38.2 Å². The van der Waals surface area contributed by atoms with Gasteiger partial charge >= 0.3 is 0 Å². The van der Waals surface area contributed by atoms with Crippen LogP contribution in [0.4, 0.5) is 0 Å². The zero-order valence-corrected chi connectivity index (χ0v) is 17.5. The molecule has 0 saturated carbocycles. The van der Waals surface area contributed by atoms with Crippen LogP contribution in [0.15, 0.2) is 60.7 Å². The van der Waals surface area contributed by atoms with Crippen LogP contribution in [0.3, 0.4) is 0 Å². The second-order valence-electron chi connectivity index (χ2n) is 6.27. The van der Waals surface area contributed by atoms with Crippen LogP contribution in [-0.2, 0) is 6.61 Å². The van der Waals surface area contributed by atoms with E-state index >= 15 is 0 Å². The molecule has 0 atom stereocenters. The minimum atomic E-state index is 0.170. The molecule has 0 aromatic heterocycles. The Morgan fingerprint density at radius 2 is 1.77 bits per heavy atom. The maximum atomic E-state index is 9.55. The first-order valence-electron chi connectivity index (χ1n) is 8.91. The van der Waals surface area contributed by atoms with Crippen molar-refractivity contribution in [2.24, 2.45) is 0 Å². The van der Waals surface area contributed by atoms with Gasteiger partial charge in [-0.2, -0.15) is 10.5 Å². The van der Waals surface area contributed by atoms with Crippen LogP contribution >= 0.6 is 23.2 Å². The van der Waals surface area contributed by atoms with Crippen LogP contribution in [0.1, 0.15) is 22.3 Å². The molecule has 3 aromatic rings. The first kappa shape index (κ1) is 21.3. The molecule has 4 nitrogen and oxygen atoms in total. The highest BCUT2D eigenvalue weighted by atomic mass is 35.5. The summed E-state index contributed by atoms with van der Waals surface area (Å²) in [5.74, 6) is 0.797. The fourth-order valence-corrected chi connectivity index (χ4v) is 3.24. The van der Waals surface area contributed by atoms with E-state index in [0.717, 1.165) is 11.1 Å². The molecule has 0 saturated heterocycles. The summed E-state index contributed by atoms with van der Waals surface area (Å²) in [6.45, 7) is 0.170. The third kappa shape index (κ3) is 4.93. The quantitative estimate of drug-likeness (QED) is 0.327. The van der Waals surface area contributed by atoms with Gasteiger partial charge in [-0.25, -0.2) is 0 Å². The minimum Gasteiger partial charge on any atom is -0.493 e. The number of methoxy groups -OCH3 is 1. The van der Waals surface area contributed by atoms with E-state index in [1.54, 1.807) is 54.6 Å². The summed E-state index contributed by atoms with van der Waals surface area (Å²) in [6.07, 6.45) is 1.71. The van der Waals surface area contributed by atoms with Crippen molar-refractivity contribution in [2.75, 3.05) is 7.11 Å². The number of nitrogens with zero attached hydrogens (tertiary/aromatic N) is 2. The van der Waals surface area contributed by atoms with Crippen LogP contribution in [0.5, 0.6) is 11.5 Å². The molecule has 0 spiro atoms. The first-order valence-corrected chi connectivity index (χ1v) is 9.67. The standard InChI is InChI=1S/C24H16Cl2N2O2/c1-29-23-12-16(10-20(14-28)17-6-8-21(25)9-7-17)11-22(26)24(23)30-15-19-5-3-2-4-18(19)13-27/h2-12H,15H2,1H3/b20-10+. The van der Waals surface area contributed by atoms with Crippen LogP contribution in [-0.4, -0.2) is 7.11 Å². The van der Waals surface area contributed by atoms with Gasteiger partial charge in [0.2, 0.25) is 0 Å². The Balaban J connectivity index is 1.91. The summed E-state index contributed by atoms with van der Waals surface area (Å²) in [4.78, 5) is 0.